The third-order valence-corrected chi connectivity index (χ3v) is 6.56. The van der Waals surface area contributed by atoms with Crippen molar-refractivity contribution in [2.45, 2.75) is 57.2 Å². The summed E-state index contributed by atoms with van der Waals surface area (Å²) in [7, 11) is 1.66. The van der Waals surface area contributed by atoms with Gasteiger partial charge in [-0.1, -0.05) is 36.4 Å². The average molecular weight is 481 g/mol. The van der Waals surface area contributed by atoms with Crippen molar-refractivity contribution in [2.24, 2.45) is 0 Å². The molecular weight excluding hydrogens is 444 g/mol. The highest BCUT2D eigenvalue weighted by atomic mass is 16.6. The molecule has 1 saturated heterocycles. The maximum atomic E-state index is 12.6. The molecule has 2 aromatic carbocycles. The van der Waals surface area contributed by atoms with Crippen LogP contribution < -0.4 is 20.7 Å². The number of nitrogens with one attached hydrogen (secondary N) is 3. The largest absolute Gasteiger partial charge is 0.496 e. The van der Waals surface area contributed by atoms with E-state index >= 15 is 0 Å². The van der Waals surface area contributed by atoms with E-state index in [2.05, 4.69) is 33.0 Å². The van der Waals surface area contributed by atoms with Gasteiger partial charge in [0.05, 0.1) is 18.3 Å². The summed E-state index contributed by atoms with van der Waals surface area (Å²) in [5.74, 6) is 0.775. The summed E-state index contributed by atoms with van der Waals surface area (Å²) in [6.07, 6.45) is 1.80. The number of urea groups is 1. The molecule has 8 nitrogen and oxygen atoms in total. The number of carbonyl (C=O) groups excluding carboxylic acids is 2. The lowest BCUT2D eigenvalue weighted by molar-refractivity contribution is 0.0479. The molecule has 2 aromatic rings. The first-order valence-electron chi connectivity index (χ1n) is 12.2. The van der Waals surface area contributed by atoms with E-state index in [0.29, 0.717) is 13.0 Å². The van der Waals surface area contributed by atoms with Crippen LogP contribution in [0.4, 0.5) is 15.3 Å². The zero-order chi connectivity index (χ0) is 25.1. The van der Waals surface area contributed by atoms with Crippen LogP contribution in [0.2, 0.25) is 0 Å². The van der Waals surface area contributed by atoms with Gasteiger partial charge in [0.2, 0.25) is 0 Å². The van der Waals surface area contributed by atoms with Crippen molar-refractivity contribution in [3.8, 4) is 5.75 Å². The average Bonchev–Trinajstić information content (AvgIpc) is 2.79. The number of ether oxygens (including phenoxy) is 2. The predicted octanol–water partition coefficient (Wildman–Crippen LogP) is 4.26. The van der Waals surface area contributed by atoms with Crippen molar-refractivity contribution >= 4 is 17.8 Å². The summed E-state index contributed by atoms with van der Waals surface area (Å²) in [6.45, 7) is 7.83. The minimum absolute atomic E-state index is 0.106. The number of amides is 3. The van der Waals surface area contributed by atoms with Gasteiger partial charge in [-0.3, -0.25) is 0 Å². The fourth-order valence-electron chi connectivity index (χ4n) is 5.07. The lowest BCUT2D eigenvalue weighted by atomic mass is 9.78. The van der Waals surface area contributed by atoms with Gasteiger partial charge in [0, 0.05) is 31.2 Å². The van der Waals surface area contributed by atoms with Gasteiger partial charge < -0.3 is 30.3 Å². The Bertz CT molecular complexity index is 1040. The van der Waals surface area contributed by atoms with E-state index in [4.69, 9.17) is 9.47 Å². The number of hydrogen-bond donors (Lipinski definition) is 3. The summed E-state index contributed by atoms with van der Waals surface area (Å²) in [4.78, 5) is 27.4. The Balaban J connectivity index is 1.47. The Morgan fingerprint density at radius 3 is 2.49 bits per heavy atom. The summed E-state index contributed by atoms with van der Waals surface area (Å²) in [6, 6.07) is 15.6. The number of rotatable bonds is 6. The second-order valence-corrected chi connectivity index (χ2v) is 10.4. The highest BCUT2D eigenvalue weighted by Crippen LogP contribution is 2.44. The third kappa shape index (κ3) is 6.06. The molecule has 2 aliphatic heterocycles. The normalized spacial score (nSPS) is 18.1. The molecule has 0 bridgehead atoms. The zero-order valence-electron chi connectivity index (χ0n) is 21.0. The van der Waals surface area contributed by atoms with E-state index in [1.807, 2.05) is 57.2 Å². The smallest absolute Gasteiger partial charge is 0.407 e. The molecule has 2 aliphatic rings. The predicted molar refractivity (Wildman–Crippen MR) is 136 cm³/mol. The van der Waals surface area contributed by atoms with Gasteiger partial charge in [-0.2, -0.15) is 0 Å². The molecule has 0 aromatic heterocycles. The number of nitrogens with zero attached hydrogens (tertiary/aromatic N) is 1. The van der Waals surface area contributed by atoms with Crippen molar-refractivity contribution < 1.29 is 19.1 Å². The van der Waals surface area contributed by atoms with Crippen molar-refractivity contribution in [1.29, 1.82) is 0 Å². The Hall–Kier alpha value is -3.26. The van der Waals surface area contributed by atoms with Crippen molar-refractivity contribution in [3.05, 3.63) is 59.7 Å². The topological polar surface area (TPSA) is 91.9 Å². The minimum Gasteiger partial charge on any atom is -0.496 e. The van der Waals surface area contributed by atoms with Gasteiger partial charge >= 0.3 is 12.1 Å². The van der Waals surface area contributed by atoms with Crippen LogP contribution in [0.25, 0.3) is 0 Å². The van der Waals surface area contributed by atoms with E-state index in [0.717, 1.165) is 48.5 Å². The van der Waals surface area contributed by atoms with Gasteiger partial charge in [0.25, 0.3) is 0 Å². The molecule has 3 amide bonds. The summed E-state index contributed by atoms with van der Waals surface area (Å²) in [5, 5.41) is 9.18. The maximum Gasteiger partial charge on any atom is 0.407 e. The van der Waals surface area contributed by atoms with Crippen LogP contribution in [-0.2, 0) is 16.7 Å². The lowest BCUT2D eigenvalue weighted by Crippen LogP contribution is -2.58. The SMILES string of the molecule is COc1cccc2c1C1(CCN(C[C@H](Cc3ccccc3)NC(=O)OC(C)(C)C)CC1)NC(=O)N2. The molecule has 2 heterocycles. The van der Waals surface area contributed by atoms with Gasteiger partial charge in [-0.15, -0.1) is 0 Å². The van der Waals surface area contributed by atoms with Gasteiger partial charge in [-0.25, -0.2) is 9.59 Å². The number of carbonyl (C=O) groups is 2. The quantitative estimate of drug-likeness (QED) is 0.575. The number of anilines is 1. The van der Waals surface area contributed by atoms with Crippen LogP contribution in [0.3, 0.4) is 0 Å². The molecule has 0 radical (unpaired) electrons. The molecule has 1 atom stereocenters. The van der Waals surface area contributed by atoms with Crippen molar-refractivity contribution in [1.82, 2.24) is 15.5 Å². The van der Waals surface area contributed by atoms with Crippen LogP contribution in [0, 0.1) is 0 Å². The van der Waals surface area contributed by atoms with E-state index in [1.54, 1.807) is 7.11 Å². The number of benzene rings is 2. The summed E-state index contributed by atoms with van der Waals surface area (Å²) in [5.41, 5.74) is 1.93. The molecule has 0 saturated carbocycles. The maximum absolute atomic E-state index is 12.6. The third-order valence-electron chi connectivity index (χ3n) is 6.56. The fraction of sp³-hybridized carbons (Fsp3) is 0.481. The van der Waals surface area contributed by atoms with E-state index in [9.17, 15) is 9.59 Å². The minimum atomic E-state index is -0.557. The first-order chi connectivity index (χ1) is 16.7. The van der Waals surface area contributed by atoms with Crippen LogP contribution in [0.1, 0.15) is 44.7 Å². The number of likely N-dealkylation sites (tertiary alicyclic amines) is 1. The highest BCUT2D eigenvalue weighted by molar-refractivity contribution is 5.94. The molecule has 1 spiro atoms. The van der Waals surface area contributed by atoms with Crippen LogP contribution in [0.15, 0.2) is 48.5 Å². The van der Waals surface area contributed by atoms with E-state index < -0.39 is 17.2 Å². The van der Waals surface area contributed by atoms with Crippen LogP contribution in [0.5, 0.6) is 5.75 Å². The molecule has 0 unspecified atom stereocenters. The molecule has 35 heavy (non-hydrogen) atoms. The van der Waals surface area contributed by atoms with Crippen LogP contribution >= 0.6 is 0 Å². The van der Waals surface area contributed by atoms with Gasteiger partial charge in [0.1, 0.15) is 11.4 Å². The standard InChI is InChI=1S/C27H36N4O4/c1-26(2,3)35-25(33)28-20(17-19-9-6-5-7-10-19)18-31-15-13-27(14-16-31)23-21(29-24(32)30-27)11-8-12-22(23)34-4/h5-12,20H,13-18H2,1-4H3,(H,28,33)(H2,29,30,32)/t20-/m0/s1. The number of alkyl carbamates (subject to hydrolysis) is 1. The Labute approximate surface area is 207 Å². The highest BCUT2D eigenvalue weighted by Gasteiger charge is 2.44. The Morgan fingerprint density at radius 1 is 1.11 bits per heavy atom. The number of hydrogen-bond acceptors (Lipinski definition) is 5. The Morgan fingerprint density at radius 2 is 1.83 bits per heavy atom. The lowest BCUT2D eigenvalue weighted by Gasteiger charge is -2.46. The second kappa shape index (κ2) is 10.2. The number of methoxy groups -OCH3 is 1. The van der Waals surface area contributed by atoms with Gasteiger partial charge in [0.15, 0.2) is 0 Å². The molecular formula is C27H36N4O4. The summed E-state index contributed by atoms with van der Waals surface area (Å²) >= 11 is 0. The van der Waals surface area contributed by atoms with Crippen molar-refractivity contribution in [2.75, 3.05) is 32.1 Å². The second-order valence-electron chi connectivity index (χ2n) is 10.4. The monoisotopic (exact) mass is 480 g/mol. The first kappa shape index (κ1) is 24.9. The summed E-state index contributed by atoms with van der Waals surface area (Å²) < 4.78 is 11.2. The zero-order valence-corrected chi connectivity index (χ0v) is 21.0. The van der Waals surface area contributed by atoms with E-state index in [-0.39, 0.29) is 12.1 Å². The fourth-order valence-corrected chi connectivity index (χ4v) is 5.07. The molecule has 8 heteroatoms. The molecule has 188 valence electrons. The van der Waals surface area contributed by atoms with Gasteiger partial charge in [-0.05, 0) is 57.7 Å². The molecule has 1 fully saturated rings. The van der Waals surface area contributed by atoms with Crippen molar-refractivity contribution in [3.63, 3.8) is 0 Å². The number of piperidine rings is 1. The van der Waals surface area contributed by atoms with E-state index in [1.165, 1.54) is 0 Å². The Kier molecular flexibility index (Phi) is 7.21. The molecule has 4 rings (SSSR count). The molecule has 3 N–H and O–H groups in total. The molecule has 0 aliphatic carbocycles. The number of fused-ring (bicyclic) bond motifs is 2. The first-order valence-corrected chi connectivity index (χ1v) is 12.2. The van der Waals surface area contributed by atoms with Crippen LogP contribution in [-0.4, -0.2) is 55.4 Å².